The SMILES string of the molecule is CC1CCCCN1Cc1cccc(NC(=O)Cn2cnc3c(cnn3C)c2=O)c1. The first kappa shape index (κ1) is 19.3. The third kappa shape index (κ3) is 4.22. The van der Waals surface area contributed by atoms with Gasteiger partial charge in [-0.3, -0.25) is 23.7 Å². The fraction of sp³-hybridized carbons (Fsp3) is 0.429. The molecule has 0 spiro atoms. The van der Waals surface area contributed by atoms with Crippen molar-refractivity contribution in [3.63, 3.8) is 0 Å². The zero-order valence-electron chi connectivity index (χ0n) is 16.8. The number of aryl methyl sites for hydroxylation is 1. The predicted molar refractivity (Wildman–Crippen MR) is 112 cm³/mol. The van der Waals surface area contributed by atoms with Crippen molar-refractivity contribution in [2.45, 2.75) is 45.3 Å². The van der Waals surface area contributed by atoms with Crippen LogP contribution in [0.3, 0.4) is 0 Å². The second kappa shape index (κ2) is 8.16. The summed E-state index contributed by atoms with van der Waals surface area (Å²) in [5, 5.41) is 7.34. The minimum atomic E-state index is -0.272. The Morgan fingerprint density at radius 2 is 2.17 bits per heavy atom. The molecule has 0 bridgehead atoms. The third-order valence-corrected chi connectivity index (χ3v) is 5.57. The minimum Gasteiger partial charge on any atom is -0.325 e. The molecule has 8 heteroatoms. The number of anilines is 1. The number of piperidine rings is 1. The van der Waals surface area contributed by atoms with E-state index in [9.17, 15) is 9.59 Å². The molecule has 0 aliphatic carbocycles. The van der Waals surface area contributed by atoms with E-state index in [0.717, 1.165) is 18.8 Å². The Balaban J connectivity index is 1.43. The molecule has 1 amide bonds. The normalized spacial score (nSPS) is 17.5. The van der Waals surface area contributed by atoms with Gasteiger partial charge in [-0.05, 0) is 44.0 Å². The molecule has 8 nitrogen and oxygen atoms in total. The summed E-state index contributed by atoms with van der Waals surface area (Å²) in [6.07, 6.45) is 6.64. The summed E-state index contributed by atoms with van der Waals surface area (Å²) in [4.78, 5) is 31.7. The van der Waals surface area contributed by atoms with Crippen molar-refractivity contribution in [2.75, 3.05) is 11.9 Å². The monoisotopic (exact) mass is 394 g/mol. The fourth-order valence-corrected chi connectivity index (χ4v) is 3.91. The Bertz CT molecular complexity index is 1090. The van der Waals surface area contributed by atoms with E-state index in [1.807, 2.05) is 18.2 Å². The maximum Gasteiger partial charge on any atom is 0.264 e. The second-order valence-electron chi connectivity index (χ2n) is 7.75. The maximum atomic E-state index is 12.5. The molecular weight excluding hydrogens is 368 g/mol. The van der Waals surface area contributed by atoms with Crippen molar-refractivity contribution < 1.29 is 4.79 Å². The number of benzene rings is 1. The molecule has 152 valence electrons. The van der Waals surface area contributed by atoms with E-state index in [1.165, 1.54) is 46.6 Å². The number of hydrogen-bond acceptors (Lipinski definition) is 5. The summed E-state index contributed by atoms with van der Waals surface area (Å²) in [5.41, 5.74) is 2.14. The lowest BCUT2D eigenvalue weighted by molar-refractivity contribution is -0.116. The highest BCUT2D eigenvalue weighted by atomic mass is 16.2. The van der Waals surface area contributed by atoms with Crippen molar-refractivity contribution >= 4 is 22.6 Å². The number of hydrogen-bond donors (Lipinski definition) is 1. The Morgan fingerprint density at radius 3 is 3.00 bits per heavy atom. The van der Waals surface area contributed by atoms with Gasteiger partial charge in [-0.15, -0.1) is 0 Å². The zero-order chi connectivity index (χ0) is 20.4. The molecule has 4 rings (SSSR count). The fourth-order valence-electron chi connectivity index (χ4n) is 3.91. The van der Waals surface area contributed by atoms with Crippen molar-refractivity contribution in [2.24, 2.45) is 7.05 Å². The van der Waals surface area contributed by atoms with Crippen molar-refractivity contribution in [3.05, 3.63) is 52.7 Å². The number of aromatic nitrogens is 4. The first-order chi connectivity index (χ1) is 14.0. The lowest BCUT2D eigenvalue weighted by Crippen LogP contribution is -2.36. The highest BCUT2D eigenvalue weighted by molar-refractivity contribution is 5.90. The van der Waals surface area contributed by atoms with Crippen LogP contribution in [0.25, 0.3) is 11.0 Å². The topological polar surface area (TPSA) is 85.1 Å². The van der Waals surface area contributed by atoms with Crippen LogP contribution in [0.1, 0.15) is 31.7 Å². The first-order valence-electron chi connectivity index (χ1n) is 10.0. The molecule has 0 saturated carbocycles. The van der Waals surface area contributed by atoms with E-state index in [4.69, 9.17) is 0 Å². The van der Waals surface area contributed by atoms with Gasteiger partial charge in [0.2, 0.25) is 5.91 Å². The van der Waals surface area contributed by atoms with Gasteiger partial charge in [0.1, 0.15) is 18.3 Å². The van der Waals surface area contributed by atoms with Crippen LogP contribution in [0.4, 0.5) is 5.69 Å². The van der Waals surface area contributed by atoms with Crippen molar-refractivity contribution in [3.8, 4) is 0 Å². The van der Waals surface area contributed by atoms with Crippen molar-refractivity contribution in [1.82, 2.24) is 24.2 Å². The van der Waals surface area contributed by atoms with E-state index >= 15 is 0 Å². The van der Waals surface area contributed by atoms with Crippen LogP contribution in [0.2, 0.25) is 0 Å². The van der Waals surface area contributed by atoms with Crippen LogP contribution in [-0.4, -0.2) is 42.7 Å². The quantitative estimate of drug-likeness (QED) is 0.717. The molecular formula is C21H26N6O2. The Hall–Kier alpha value is -3.00. The van der Waals surface area contributed by atoms with Gasteiger partial charge in [-0.2, -0.15) is 5.10 Å². The number of rotatable bonds is 5. The smallest absolute Gasteiger partial charge is 0.264 e. The molecule has 1 aliphatic heterocycles. The molecule has 3 aromatic rings. The van der Waals surface area contributed by atoms with E-state index < -0.39 is 0 Å². The second-order valence-corrected chi connectivity index (χ2v) is 7.75. The summed E-state index contributed by atoms with van der Waals surface area (Å²) in [6, 6.07) is 8.50. The van der Waals surface area contributed by atoms with Gasteiger partial charge in [-0.1, -0.05) is 18.6 Å². The largest absolute Gasteiger partial charge is 0.325 e. The van der Waals surface area contributed by atoms with Crippen LogP contribution in [0, 0.1) is 0 Å². The van der Waals surface area contributed by atoms with Crippen LogP contribution < -0.4 is 10.9 Å². The molecule has 1 saturated heterocycles. The maximum absolute atomic E-state index is 12.5. The number of likely N-dealkylation sites (tertiary alicyclic amines) is 1. The molecule has 0 radical (unpaired) electrons. The lowest BCUT2D eigenvalue weighted by Gasteiger charge is -2.33. The molecule has 1 fully saturated rings. The summed E-state index contributed by atoms with van der Waals surface area (Å²) in [6.45, 7) is 4.18. The number of fused-ring (bicyclic) bond motifs is 1. The van der Waals surface area contributed by atoms with Gasteiger partial charge >= 0.3 is 0 Å². The van der Waals surface area contributed by atoms with Crippen LogP contribution in [-0.2, 0) is 24.9 Å². The molecule has 1 N–H and O–H groups in total. The van der Waals surface area contributed by atoms with E-state index in [-0.39, 0.29) is 18.0 Å². The van der Waals surface area contributed by atoms with E-state index in [1.54, 1.807) is 7.05 Å². The molecule has 3 heterocycles. The average molecular weight is 394 g/mol. The number of carbonyl (C=O) groups excluding carboxylic acids is 1. The van der Waals surface area contributed by atoms with Gasteiger partial charge in [0, 0.05) is 25.3 Å². The predicted octanol–water partition coefficient (Wildman–Crippen LogP) is 2.14. The summed E-state index contributed by atoms with van der Waals surface area (Å²) in [5.74, 6) is -0.263. The van der Waals surface area contributed by atoms with Gasteiger partial charge in [0.25, 0.3) is 5.56 Å². The van der Waals surface area contributed by atoms with Gasteiger partial charge in [-0.25, -0.2) is 4.98 Å². The zero-order valence-corrected chi connectivity index (χ0v) is 16.8. The molecule has 2 aromatic heterocycles. The van der Waals surface area contributed by atoms with E-state index in [2.05, 4.69) is 33.3 Å². The lowest BCUT2D eigenvalue weighted by atomic mass is 10.0. The van der Waals surface area contributed by atoms with Crippen LogP contribution >= 0.6 is 0 Å². The molecule has 1 aliphatic rings. The van der Waals surface area contributed by atoms with Gasteiger partial charge in [0.05, 0.1) is 6.20 Å². The third-order valence-electron chi connectivity index (χ3n) is 5.57. The Labute approximate surface area is 169 Å². The number of carbonyl (C=O) groups is 1. The number of nitrogens with zero attached hydrogens (tertiary/aromatic N) is 5. The molecule has 29 heavy (non-hydrogen) atoms. The Kier molecular flexibility index (Phi) is 5.44. The van der Waals surface area contributed by atoms with Crippen molar-refractivity contribution in [1.29, 1.82) is 0 Å². The van der Waals surface area contributed by atoms with Crippen LogP contribution in [0.5, 0.6) is 0 Å². The van der Waals surface area contributed by atoms with Gasteiger partial charge < -0.3 is 5.32 Å². The number of amides is 1. The average Bonchev–Trinajstić information content (AvgIpc) is 3.08. The molecule has 1 atom stereocenters. The summed E-state index contributed by atoms with van der Waals surface area (Å²) < 4.78 is 2.84. The summed E-state index contributed by atoms with van der Waals surface area (Å²) >= 11 is 0. The Morgan fingerprint density at radius 1 is 1.31 bits per heavy atom. The molecule has 1 aromatic carbocycles. The first-order valence-corrected chi connectivity index (χ1v) is 10.0. The molecule has 1 unspecified atom stereocenters. The van der Waals surface area contributed by atoms with Gasteiger partial charge in [0.15, 0.2) is 5.65 Å². The van der Waals surface area contributed by atoms with E-state index in [0.29, 0.717) is 17.1 Å². The van der Waals surface area contributed by atoms with Crippen LogP contribution in [0.15, 0.2) is 41.6 Å². The summed E-state index contributed by atoms with van der Waals surface area (Å²) in [7, 11) is 1.73. The minimum absolute atomic E-state index is 0.0932. The highest BCUT2D eigenvalue weighted by Crippen LogP contribution is 2.20. The number of nitrogens with one attached hydrogen (secondary N) is 1. The standard InChI is InChI=1S/C21H26N6O2/c1-15-6-3-4-9-26(15)12-16-7-5-8-17(10-16)24-19(28)13-27-14-22-20-18(21(27)29)11-23-25(20)2/h5,7-8,10-11,14-15H,3-4,6,9,12-13H2,1-2H3,(H,24,28). The highest BCUT2D eigenvalue weighted by Gasteiger charge is 2.18.